The van der Waals surface area contributed by atoms with E-state index in [9.17, 15) is 84.2 Å². The molecule has 1 N–H and O–H groups in total. The summed E-state index contributed by atoms with van der Waals surface area (Å²) in [5, 5.41) is 2.11. The van der Waals surface area contributed by atoms with Crippen LogP contribution < -0.4 is 5.32 Å². The molecule has 1 aliphatic carbocycles. The van der Waals surface area contributed by atoms with Crippen LogP contribution in [0.5, 0.6) is 0 Å². The normalized spacial score (nSPS) is 15.5. The molecule has 5 nitrogen and oxygen atoms in total. The zero-order valence-electron chi connectivity index (χ0n) is 26.7. The highest BCUT2D eigenvalue weighted by atomic mass is 19.4. The fourth-order valence-corrected chi connectivity index (χ4v) is 5.17. The number of esters is 1. The number of benzene rings is 2. The molecule has 0 aliphatic heterocycles. The summed E-state index contributed by atoms with van der Waals surface area (Å²) in [6.07, 6.45) is -13.5. The van der Waals surface area contributed by atoms with Gasteiger partial charge in [-0.3, -0.25) is 0 Å². The summed E-state index contributed by atoms with van der Waals surface area (Å²) in [7, 11) is 0. The van der Waals surface area contributed by atoms with Crippen molar-refractivity contribution in [1.29, 1.82) is 0 Å². The van der Waals surface area contributed by atoms with E-state index < -0.39 is 97.0 Å². The van der Waals surface area contributed by atoms with Crippen molar-refractivity contribution < 1.29 is 93.7 Å². The standard InChI is InChI=1S/C31H26F17NO4/c1-15(2)21(49-23(51)53-14-20-18-10-5-3-8-16(18)17-9-4-6-11-19(17)20)22(50)52-13-7-12-24(32,33)25(34,35)26(36,37)27(38,39)28(40,41)29(42,43)30(44,45)31(46,47)48/h3-6,8-11,15,20-21H,7,12-14H2,1-2H3,(H,49,51)/t21-/m0/s1. The topological polar surface area (TPSA) is 64.6 Å². The second-order valence-electron chi connectivity index (χ2n) is 12.1. The van der Waals surface area contributed by atoms with E-state index in [2.05, 4.69) is 10.1 Å². The average molecular weight is 800 g/mol. The highest BCUT2D eigenvalue weighted by molar-refractivity contribution is 5.82. The number of rotatable bonds is 15. The van der Waals surface area contributed by atoms with Crippen molar-refractivity contribution in [3.8, 4) is 11.1 Å². The Balaban J connectivity index is 1.64. The summed E-state index contributed by atoms with van der Waals surface area (Å²) in [6.45, 7) is 0.947. The number of amides is 1. The summed E-state index contributed by atoms with van der Waals surface area (Å²) in [6, 6.07) is 12.7. The first kappa shape index (κ1) is 43.4. The molecule has 0 saturated heterocycles. The fourth-order valence-electron chi connectivity index (χ4n) is 5.17. The van der Waals surface area contributed by atoms with Crippen LogP contribution in [0.25, 0.3) is 11.1 Å². The van der Waals surface area contributed by atoms with Crippen molar-refractivity contribution in [2.24, 2.45) is 5.92 Å². The SMILES string of the molecule is CC(C)[C@H](NC(=O)OCC1c2ccccc2-c2ccccc21)C(=O)OCCCC(F)(F)C(F)(F)C(F)(F)C(F)(F)C(F)(F)C(F)(F)C(F)(F)C(F)(F)F. The summed E-state index contributed by atoms with van der Waals surface area (Å²) in [5.74, 6) is -59.8. The van der Waals surface area contributed by atoms with E-state index in [-0.39, 0.29) is 6.61 Å². The number of fused-ring (bicyclic) bond motifs is 3. The van der Waals surface area contributed by atoms with Crippen molar-refractivity contribution in [1.82, 2.24) is 5.32 Å². The van der Waals surface area contributed by atoms with Gasteiger partial charge in [-0.05, 0) is 34.6 Å². The van der Waals surface area contributed by atoms with Gasteiger partial charge >= 0.3 is 59.7 Å². The molecule has 0 fully saturated rings. The smallest absolute Gasteiger partial charge is 0.460 e. The lowest BCUT2D eigenvalue weighted by Crippen LogP contribution is -2.74. The van der Waals surface area contributed by atoms with Crippen LogP contribution >= 0.6 is 0 Å². The maximum Gasteiger partial charge on any atom is 0.460 e. The van der Waals surface area contributed by atoms with Crippen molar-refractivity contribution in [2.45, 2.75) is 86.3 Å². The molecule has 22 heteroatoms. The monoisotopic (exact) mass is 799 g/mol. The van der Waals surface area contributed by atoms with E-state index in [1.54, 1.807) is 36.4 Å². The third-order valence-electron chi connectivity index (χ3n) is 8.20. The Kier molecular flexibility index (Phi) is 11.7. The van der Waals surface area contributed by atoms with Gasteiger partial charge in [-0.1, -0.05) is 62.4 Å². The molecule has 2 aromatic carbocycles. The number of carbonyl (C=O) groups excluding carboxylic acids is 2. The molecule has 3 rings (SSSR count). The molecule has 0 bridgehead atoms. The molecule has 1 aliphatic rings. The van der Waals surface area contributed by atoms with Crippen molar-refractivity contribution >= 4 is 12.1 Å². The van der Waals surface area contributed by atoms with Gasteiger partial charge in [-0.2, -0.15) is 74.6 Å². The largest absolute Gasteiger partial charge is 0.464 e. The Morgan fingerprint density at radius 1 is 0.623 bits per heavy atom. The van der Waals surface area contributed by atoms with Crippen molar-refractivity contribution in [3.63, 3.8) is 0 Å². The Labute approximate surface area is 287 Å². The number of hydrogen-bond acceptors (Lipinski definition) is 4. The Bertz CT molecular complexity index is 1600. The maximum atomic E-state index is 14.2. The van der Waals surface area contributed by atoms with Gasteiger partial charge in [0.05, 0.1) is 6.61 Å². The molecule has 0 saturated carbocycles. The van der Waals surface area contributed by atoms with Crippen LogP contribution in [0.4, 0.5) is 79.4 Å². The fraction of sp³-hybridized carbons (Fsp3) is 0.548. The number of halogens is 17. The first-order valence-corrected chi connectivity index (χ1v) is 14.9. The molecule has 0 aromatic heterocycles. The van der Waals surface area contributed by atoms with Gasteiger partial charge in [-0.15, -0.1) is 0 Å². The Hall–Kier alpha value is -4.01. The lowest BCUT2D eigenvalue weighted by Gasteiger charge is -2.42. The van der Waals surface area contributed by atoms with E-state index in [0.717, 1.165) is 22.3 Å². The second-order valence-corrected chi connectivity index (χ2v) is 12.1. The Morgan fingerprint density at radius 2 is 1.04 bits per heavy atom. The second kappa shape index (κ2) is 14.3. The van der Waals surface area contributed by atoms with Gasteiger partial charge in [0, 0.05) is 12.3 Å². The Morgan fingerprint density at radius 3 is 1.47 bits per heavy atom. The van der Waals surface area contributed by atoms with E-state index in [1.807, 2.05) is 12.1 Å². The molecule has 0 radical (unpaired) electrons. The summed E-state index contributed by atoms with van der Waals surface area (Å²) < 4.78 is 239. The van der Waals surface area contributed by atoms with Crippen molar-refractivity contribution in [3.05, 3.63) is 59.7 Å². The van der Waals surface area contributed by atoms with Crippen LogP contribution in [0.3, 0.4) is 0 Å². The zero-order chi connectivity index (χ0) is 40.8. The molecular formula is C31H26F17NO4. The summed E-state index contributed by atoms with van der Waals surface area (Å²) >= 11 is 0. The molecule has 1 amide bonds. The van der Waals surface area contributed by atoms with Gasteiger partial charge in [0.25, 0.3) is 0 Å². The molecule has 0 unspecified atom stereocenters. The number of hydrogen-bond donors (Lipinski definition) is 1. The van der Waals surface area contributed by atoms with Gasteiger partial charge < -0.3 is 14.8 Å². The number of nitrogens with one attached hydrogen (secondary N) is 1. The number of alkyl halides is 17. The quantitative estimate of drug-likeness (QED) is 0.111. The highest BCUT2D eigenvalue weighted by Gasteiger charge is 2.95. The van der Waals surface area contributed by atoms with Crippen LogP contribution in [-0.4, -0.2) is 79.0 Å². The molecular weight excluding hydrogens is 773 g/mol. The molecule has 0 heterocycles. The molecule has 2 aromatic rings. The zero-order valence-corrected chi connectivity index (χ0v) is 26.7. The summed E-state index contributed by atoms with van der Waals surface area (Å²) in [4.78, 5) is 25.1. The first-order valence-electron chi connectivity index (χ1n) is 14.9. The highest BCUT2D eigenvalue weighted by Crippen LogP contribution is 2.64. The van der Waals surface area contributed by atoms with Crippen molar-refractivity contribution in [2.75, 3.05) is 13.2 Å². The van der Waals surface area contributed by atoms with Crippen LogP contribution in [0.2, 0.25) is 0 Å². The summed E-state index contributed by atoms with van der Waals surface area (Å²) in [5.41, 5.74) is 3.35. The first-order chi connectivity index (χ1) is 23.9. The predicted molar refractivity (Wildman–Crippen MR) is 148 cm³/mol. The minimum Gasteiger partial charge on any atom is -0.464 e. The van der Waals surface area contributed by atoms with Crippen LogP contribution in [0, 0.1) is 5.92 Å². The van der Waals surface area contributed by atoms with E-state index in [4.69, 9.17) is 4.74 Å². The van der Waals surface area contributed by atoms with Gasteiger partial charge in [0.15, 0.2) is 0 Å². The predicted octanol–water partition coefficient (Wildman–Crippen LogP) is 9.88. The number of ether oxygens (including phenoxy) is 2. The van der Waals surface area contributed by atoms with Gasteiger partial charge in [0.1, 0.15) is 12.6 Å². The minimum atomic E-state index is -8.72. The van der Waals surface area contributed by atoms with Crippen LogP contribution in [-0.2, 0) is 14.3 Å². The average Bonchev–Trinajstić information content (AvgIpc) is 3.36. The molecule has 53 heavy (non-hydrogen) atoms. The van der Waals surface area contributed by atoms with E-state index in [1.165, 1.54) is 13.8 Å². The molecule has 0 spiro atoms. The van der Waals surface area contributed by atoms with Crippen LogP contribution in [0.1, 0.15) is 43.7 Å². The minimum absolute atomic E-state index is 0.249. The maximum absolute atomic E-state index is 14.2. The lowest BCUT2D eigenvalue weighted by molar-refractivity contribution is -0.461. The third kappa shape index (κ3) is 7.29. The number of alkyl carbamates (subject to hydrolysis) is 1. The van der Waals surface area contributed by atoms with Crippen LogP contribution in [0.15, 0.2) is 48.5 Å². The van der Waals surface area contributed by atoms with E-state index >= 15 is 0 Å². The lowest BCUT2D eigenvalue weighted by atomic mass is 9.88. The third-order valence-corrected chi connectivity index (χ3v) is 8.20. The van der Waals surface area contributed by atoms with Gasteiger partial charge in [0.2, 0.25) is 0 Å². The van der Waals surface area contributed by atoms with Gasteiger partial charge in [-0.25, -0.2) is 9.59 Å². The molecule has 1 atom stereocenters. The number of carbonyl (C=O) groups is 2. The van der Waals surface area contributed by atoms with E-state index in [0.29, 0.717) is 0 Å². The molecule has 298 valence electrons.